The van der Waals surface area contributed by atoms with Crippen LogP contribution in [0.25, 0.3) is 0 Å². The summed E-state index contributed by atoms with van der Waals surface area (Å²) in [5.41, 5.74) is 1.87. The SMILES string of the molecule is CC(=O)c1ccc(NC(=O)c2cccnc2SCCN2CCCC2)cc1. The van der Waals surface area contributed by atoms with E-state index in [1.807, 2.05) is 0 Å². The van der Waals surface area contributed by atoms with Crippen molar-refractivity contribution in [2.75, 3.05) is 30.7 Å². The largest absolute Gasteiger partial charge is 0.322 e. The highest BCUT2D eigenvalue weighted by molar-refractivity contribution is 7.99. The summed E-state index contributed by atoms with van der Waals surface area (Å²) in [5, 5.41) is 3.64. The van der Waals surface area contributed by atoms with Gasteiger partial charge in [-0.25, -0.2) is 4.98 Å². The average Bonchev–Trinajstić information content (AvgIpc) is 3.16. The molecule has 0 radical (unpaired) electrons. The van der Waals surface area contributed by atoms with E-state index in [0.717, 1.165) is 17.3 Å². The summed E-state index contributed by atoms with van der Waals surface area (Å²) in [6.45, 7) is 4.89. The fraction of sp³-hybridized carbons (Fsp3) is 0.350. The third-order valence-corrected chi connectivity index (χ3v) is 5.40. The number of Topliss-reactive ketones (excluding diaryl/α,β-unsaturated/α-hetero) is 1. The number of carbonyl (C=O) groups is 2. The van der Waals surface area contributed by atoms with E-state index in [4.69, 9.17) is 0 Å². The molecule has 26 heavy (non-hydrogen) atoms. The lowest BCUT2D eigenvalue weighted by Crippen LogP contribution is -2.22. The predicted molar refractivity (Wildman–Crippen MR) is 105 cm³/mol. The van der Waals surface area contributed by atoms with Gasteiger partial charge in [0, 0.05) is 29.7 Å². The molecular weight excluding hydrogens is 346 g/mol. The maximum atomic E-state index is 12.6. The van der Waals surface area contributed by atoms with E-state index >= 15 is 0 Å². The highest BCUT2D eigenvalue weighted by Gasteiger charge is 2.15. The van der Waals surface area contributed by atoms with Gasteiger partial charge in [-0.05, 0) is 69.3 Å². The minimum atomic E-state index is -0.183. The van der Waals surface area contributed by atoms with E-state index in [1.54, 1.807) is 54.4 Å². The minimum Gasteiger partial charge on any atom is -0.322 e. The van der Waals surface area contributed by atoms with Gasteiger partial charge in [-0.2, -0.15) is 0 Å². The van der Waals surface area contributed by atoms with Crippen molar-refractivity contribution in [3.05, 3.63) is 53.7 Å². The fourth-order valence-electron chi connectivity index (χ4n) is 2.94. The molecule has 0 spiro atoms. The third-order valence-electron chi connectivity index (χ3n) is 4.41. The number of aromatic nitrogens is 1. The molecule has 0 saturated carbocycles. The van der Waals surface area contributed by atoms with E-state index < -0.39 is 0 Å². The van der Waals surface area contributed by atoms with Crippen LogP contribution in [-0.2, 0) is 0 Å². The van der Waals surface area contributed by atoms with E-state index in [-0.39, 0.29) is 11.7 Å². The maximum absolute atomic E-state index is 12.6. The molecular formula is C20H23N3O2S. The number of thioether (sulfide) groups is 1. The number of pyridine rings is 1. The first kappa shape index (κ1) is 18.6. The van der Waals surface area contributed by atoms with Gasteiger partial charge in [0.15, 0.2) is 5.78 Å². The molecule has 0 unspecified atom stereocenters. The number of likely N-dealkylation sites (tertiary alicyclic amines) is 1. The lowest BCUT2D eigenvalue weighted by atomic mass is 10.1. The zero-order valence-electron chi connectivity index (χ0n) is 14.9. The number of hydrogen-bond donors (Lipinski definition) is 1. The Bertz CT molecular complexity index is 771. The van der Waals surface area contributed by atoms with Crippen LogP contribution in [0.15, 0.2) is 47.6 Å². The number of amides is 1. The van der Waals surface area contributed by atoms with Gasteiger partial charge >= 0.3 is 0 Å². The molecule has 0 aliphatic carbocycles. The van der Waals surface area contributed by atoms with Gasteiger partial charge in [-0.15, -0.1) is 11.8 Å². The maximum Gasteiger partial charge on any atom is 0.258 e. The van der Waals surface area contributed by atoms with Crippen molar-refractivity contribution in [3.8, 4) is 0 Å². The quantitative estimate of drug-likeness (QED) is 0.595. The molecule has 2 heterocycles. The summed E-state index contributed by atoms with van der Waals surface area (Å²) >= 11 is 1.62. The molecule has 0 bridgehead atoms. The summed E-state index contributed by atoms with van der Waals surface area (Å²) in [5.74, 6) is 0.745. The van der Waals surface area contributed by atoms with Gasteiger partial charge in [0.25, 0.3) is 5.91 Å². The fourth-order valence-corrected chi connectivity index (χ4v) is 3.94. The molecule has 136 valence electrons. The number of rotatable bonds is 7. The Balaban J connectivity index is 1.62. The first-order chi connectivity index (χ1) is 12.6. The molecule has 3 rings (SSSR count). The number of hydrogen-bond acceptors (Lipinski definition) is 5. The molecule has 5 nitrogen and oxygen atoms in total. The Labute approximate surface area is 158 Å². The lowest BCUT2D eigenvalue weighted by molar-refractivity contribution is 0.101. The predicted octanol–water partition coefficient (Wildman–Crippen LogP) is 3.72. The van der Waals surface area contributed by atoms with Crippen molar-refractivity contribution in [2.24, 2.45) is 0 Å². The Hall–Kier alpha value is -2.18. The smallest absolute Gasteiger partial charge is 0.258 e. The van der Waals surface area contributed by atoms with E-state index in [2.05, 4.69) is 15.2 Å². The Morgan fingerprint density at radius 3 is 2.58 bits per heavy atom. The molecule has 1 amide bonds. The molecule has 0 atom stereocenters. The van der Waals surface area contributed by atoms with Gasteiger partial charge in [0.2, 0.25) is 0 Å². The second-order valence-corrected chi connectivity index (χ2v) is 7.42. The molecule has 6 heteroatoms. The van der Waals surface area contributed by atoms with Crippen LogP contribution in [0.2, 0.25) is 0 Å². The summed E-state index contributed by atoms with van der Waals surface area (Å²) in [7, 11) is 0. The topological polar surface area (TPSA) is 62.3 Å². The monoisotopic (exact) mass is 369 g/mol. The Kier molecular flexibility index (Phi) is 6.41. The van der Waals surface area contributed by atoms with Crippen LogP contribution >= 0.6 is 11.8 Å². The van der Waals surface area contributed by atoms with Gasteiger partial charge in [0.1, 0.15) is 5.03 Å². The highest BCUT2D eigenvalue weighted by atomic mass is 32.2. The first-order valence-electron chi connectivity index (χ1n) is 8.86. The van der Waals surface area contributed by atoms with Gasteiger partial charge in [-0.1, -0.05) is 0 Å². The zero-order valence-corrected chi connectivity index (χ0v) is 15.7. The summed E-state index contributed by atoms with van der Waals surface area (Å²) in [6, 6.07) is 10.5. The van der Waals surface area contributed by atoms with Gasteiger partial charge in [0.05, 0.1) is 5.56 Å². The highest BCUT2D eigenvalue weighted by Crippen LogP contribution is 2.22. The average molecular weight is 369 g/mol. The van der Waals surface area contributed by atoms with Crippen LogP contribution in [0, 0.1) is 0 Å². The van der Waals surface area contributed by atoms with Gasteiger partial charge < -0.3 is 10.2 Å². The number of nitrogens with zero attached hydrogens (tertiary/aromatic N) is 2. The number of ketones is 1. The summed E-state index contributed by atoms with van der Waals surface area (Å²) in [4.78, 5) is 30.8. The third kappa shape index (κ3) is 4.93. The molecule has 1 saturated heterocycles. The molecule has 2 aromatic rings. The van der Waals surface area contributed by atoms with Crippen molar-refractivity contribution in [1.29, 1.82) is 0 Å². The lowest BCUT2D eigenvalue weighted by Gasteiger charge is -2.14. The Morgan fingerprint density at radius 2 is 1.88 bits per heavy atom. The molecule has 1 aliphatic rings. The van der Waals surface area contributed by atoms with E-state index in [0.29, 0.717) is 16.8 Å². The van der Waals surface area contributed by atoms with Crippen molar-refractivity contribution in [1.82, 2.24) is 9.88 Å². The molecule has 1 aromatic heterocycles. The van der Waals surface area contributed by atoms with Crippen LogP contribution in [0.4, 0.5) is 5.69 Å². The van der Waals surface area contributed by atoms with Crippen LogP contribution in [-0.4, -0.2) is 47.0 Å². The number of carbonyl (C=O) groups excluding carboxylic acids is 2. The molecule has 1 N–H and O–H groups in total. The molecule has 1 aromatic carbocycles. The van der Waals surface area contributed by atoms with Crippen molar-refractivity contribution in [2.45, 2.75) is 24.8 Å². The van der Waals surface area contributed by atoms with Gasteiger partial charge in [-0.3, -0.25) is 9.59 Å². The van der Waals surface area contributed by atoms with Crippen LogP contribution in [0.5, 0.6) is 0 Å². The van der Waals surface area contributed by atoms with Crippen LogP contribution in [0.1, 0.15) is 40.5 Å². The normalized spacial score (nSPS) is 14.3. The van der Waals surface area contributed by atoms with Crippen LogP contribution in [0.3, 0.4) is 0 Å². The van der Waals surface area contributed by atoms with Crippen molar-refractivity contribution >= 4 is 29.1 Å². The standard InChI is InChI=1S/C20H23N3O2S/c1-15(24)16-6-8-17(9-7-16)22-19(25)18-5-4-10-21-20(18)26-14-13-23-11-2-3-12-23/h4-10H,2-3,11-14H2,1H3,(H,22,25). The second-order valence-electron chi connectivity index (χ2n) is 6.34. The zero-order chi connectivity index (χ0) is 18.4. The first-order valence-corrected chi connectivity index (χ1v) is 9.84. The summed E-state index contributed by atoms with van der Waals surface area (Å²) < 4.78 is 0. The molecule has 1 aliphatic heterocycles. The van der Waals surface area contributed by atoms with Crippen LogP contribution < -0.4 is 5.32 Å². The summed E-state index contributed by atoms with van der Waals surface area (Å²) in [6.07, 6.45) is 4.28. The Morgan fingerprint density at radius 1 is 1.15 bits per heavy atom. The van der Waals surface area contributed by atoms with E-state index in [9.17, 15) is 9.59 Å². The van der Waals surface area contributed by atoms with Crippen molar-refractivity contribution < 1.29 is 9.59 Å². The van der Waals surface area contributed by atoms with E-state index in [1.165, 1.54) is 32.9 Å². The second kappa shape index (κ2) is 8.96. The number of nitrogens with one attached hydrogen (secondary N) is 1. The minimum absolute atomic E-state index is 0.00632. The number of anilines is 1. The van der Waals surface area contributed by atoms with Crippen molar-refractivity contribution in [3.63, 3.8) is 0 Å². The molecule has 1 fully saturated rings. The number of benzene rings is 1.